The number of imidazole rings is 1. The van der Waals surface area contributed by atoms with E-state index in [0.717, 1.165) is 19.0 Å². The summed E-state index contributed by atoms with van der Waals surface area (Å²) in [6.45, 7) is 4.51. The molecule has 2 aliphatic rings. The Labute approximate surface area is 176 Å². The van der Waals surface area contributed by atoms with E-state index in [2.05, 4.69) is 25.4 Å². The Bertz CT molecular complexity index is 906. The number of amides is 1. The predicted molar refractivity (Wildman–Crippen MR) is 101 cm³/mol. The van der Waals surface area contributed by atoms with Crippen LogP contribution in [0.3, 0.4) is 0 Å². The van der Waals surface area contributed by atoms with Crippen molar-refractivity contribution in [2.45, 2.75) is 38.9 Å². The Morgan fingerprint density at radius 1 is 1.39 bits per heavy atom. The third-order valence-electron chi connectivity index (χ3n) is 6.05. The van der Waals surface area contributed by atoms with Gasteiger partial charge in [0.2, 0.25) is 11.8 Å². The largest absolute Gasteiger partial charge is 0.432 e. The summed E-state index contributed by atoms with van der Waals surface area (Å²) in [5.41, 5.74) is -1.13. The Morgan fingerprint density at radius 2 is 2.16 bits per heavy atom. The number of ether oxygens (including phenoxy) is 1. The number of halogens is 3. The summed E-state index contributed by atoms with van der Waals surface area (Å²) in [5, 5.41) is 6.78. The summed E-state index contributed by atoms with van der Waals surface area (Å²) in [5.74, 6) is 0.897. The van der Waals surface area contributed by atoms with E-state index in [9.17, 15) is 18.0 Å². The second-order valence-electron chi connectivity index (χ2n) is 8.21. The van der Waals surface area contributed by atoms with Crippen LogP contribution in [0.5, 0.6) is 0 Å². The van der Waals surface area contributed by atoms with E-state index in [1.807, 2.05) is 4.90 Å². The number of nitrogens with one attached hydrogen (secondary N) is 2. The zero-order valence-electron chi connectivity index (χ0n) is 17.2. The fourth-order valence-electron chi connectivity index (χ4n) is 4.50. The highest BCUT2D eigenvalue weighted by Crippen LogP contribution is 2.44. The Morgan fingerprint density at radius 3 is 2.81 bits per heavy atom. The lowest BCUT2D eigenvalue weighted by molar-refractivity contribution is -0.141. The van der Waals surface area contributed by atoms with Crippen molar-refractivity contribution < 1.29 is 27.2 Å². The Balaban J connectivity index is 1.40. The van der Waals surface area contributed by atoms with Gasteiger partial charge in [0.15, 0.2) is 5.82 Å². The third-order valence-corrected chi connectivity index (χ3v) is 6.05. The molecule has 0 aliphatic carbocycles. The number of hydrogen-bond donors (Lipinski definition) is 2. The minimum Gasteiger partial charge on any atom is -0.381 e. The Kier molecular flexibility index (Phi) is 6.02. The van der Waals surface area contributed by atoms with E-state index in [1.54, 1.807) is 6.92 Å². The molecule has 2 aliphatic heterocycles. The molecular weight excluding hydrogens is 417 g/mol. The van der Waals surface area contributed by atoms with Crippen LogP contribution in [0.1, 0.15) is 36.1 Å². The van der Waals surface area contributed by atoms with E-state index in [1.165, 1.54) is 0 Å². The molecule has 0 bridgehead atoms. The molecule has 2 N–H and O–H groups in total. The van der Waals surface area contributed by atoms with Crippen molar-refractivity contribution in [3.63, 3.8) is 0 Å². The average molecular weight is 442 g/mol. The monoisotopic (exact) mass is 442 g/mol. The number of nitrogens with zero attached hydrogens (tertiary/aromatic N) is 4. The minimum atomic E-state index is -4.46. The van der Waals surface area contributed by atoms with Crippen molar-refractivity contribution >= 4 is 5.91 Å². The molecule has 2 aromatic rings. The van der Waals surface area contributed by atoms with Crippen LogP contribution in [-0.4, -0.2) is 63.8 Å². The molecule has 0 unspecified atom stereocenters. The van der Waals surface area contributed by atoms with Gasteiger partial charge in [0.05, 0.1) is 18.7 Å². The van der Waals surface area contributed by atoms with Crippen molar-refractivity contribution in [1.82, 2.24) is 30.3 Å². The molecule has 2 fully saturated rings. The van der Waals surface area contributed by atoms with Crippen molar-refractivity contribution in [3.8, 4) is 0 Å². The molecule has 1 atom stereocenters. The van der Waals surface area contributed by atoms with Gasteiger partial charge in [0.25, 0.3) is 0 Å². The van der Waals surface area contributed by atoms with Gasteiger partial charge in [-0.15, -0.1) is 0 Å². The van der Waals surface area contributed by atoms with Gasteiger partial charge in [-0.1, -0.05) is 5.16 Å². The van der Waals surface area contributed by atoms with Gasteiger partial charge in [-0.2, -0.15) is 18.2 Å². The number of aromatic amines is 1. The lowest BCUT2D eigenvalue weighted by Crippen LogP contribution is -2.44. The van der Waals surface area contributed by atoms with Crippen LogP contribution < -0.4 is 5.32 Å². The van der Waals surface area contributed by atoms with E-state index < -0.39 is 11.9 Å². The molecule has 31 heavy (non-hydrogen) atoms. The van der Waals surface area contributed by atoms with Crippen LogP contribution in [-0.2, 0) is 28.7 Å². The maximum absolute atomic E-state index is 13.0. The molecule has 0 saturated carbocycles. The number of aryl methyl sites for hydroxylation is 1. The third kappa shape index (κ3) is 4.90. The summed E-state index contributed by atoms with van der Waals surface area (Å²) in [6, 6.07) is 0. The van der Waals surface area contributed by atoms with Gasteiger partial charge in [-0.05, 0) is 12.8 Å². The Hall–Kier alpha value is -2.47. The van der Waals surface area contributed by atoms with Gasteiger partial charge in [-0.25, -0.2) is 4.98 Å². The van der Waals surface area contributed by atoms with Crippen LogP contribution in [0.2, 0.25) is 0 Å². The van der Waals surface area contributed by atoms with E-state index in [-0.39, 0.29) is 29.6 Å². The molecule has 4 heterocycles. The fraction of sp³-hybridized carbons (Fsp3) is 0.684. The first-order valence-corrected chi connectivity index (χ1v) is 10.2. The van der Waals surface area contributed by atoms with Crippen LogP contribution in [0.4, 0.5) is 13.2 Å². The first kappa shape index (κ1) is 21.8. The number of aromatic nitrogens is 4. The maximum atomic E-state index is 13.0. The highest BCUT2D eigenvalue weighted by atomic mass is 19.4. The van der Waals surface area contributed by atoms with Crippen molar-refractivity contribution in [2.24, 2.45) is 11.3 Å². The molecule has 0 radical (unpaired) electrons. The number of hydrogen-bond acceptors (Lipinski definition) is 7. The second kappa shape index (κ2) is 8.58. The van der Waals surface area contributed by atoms with Crippen molar-refractivity contribution in [1.29, 1.82) is 0 Å². The number of H-pyrrole nitrogens is 1. The van der Waals surface area contributed by atoms with Crippen LogP contribution in [0.15, 0.2) is 10.7 Å². The molecule has 4 rings (SSSR count). The van der Waals surface area contributed by atoms with Crippen molar-refractivity contribution in [3.05, 3.63) is 29.4 Å². The zero-order valence-corrected chi connectivity index (χ0v) is 17.2. The highest BCUT2D eigenvalue weighted by molar-refractivity contribution is 5.80. The fourth-order valence-corrected chi connectivity index (χ4v) is 4.50. The summed E-state index contributed by atoms with van der Waals surface area (Å²) in [6.07, 6.45) is -1.73. The summed E-state index contributed by atoms with van der Waals surface area (Å²) < 4.78 is 49.0. The predicted octanol–water partition coefficient (Wildman–Crippen LogP) is 1.71. The van der Waals surface area contributed by atoms with Crippen LogP contribution >= 0.6 is 0 Å². The lowest BCUT2D eigenvalue weighted by atomic mass is 9.72. The molecule has 12 heteroatoms. The quantitative estimate of drug-likeness (QED) is 0.701. The number of carbonyl (C=O) groups is 1. The average Bonchev–Trinajstić information content (AvgIpc) is 3.42. The van der Waals surface area contributed by atoms with E-state index in [4.69, 9.17) is 9.26 Å². The molecule has 1 spiro atoms. The summed E-state index contributed by atoms with van der Waals surface area (Å²) in [7, 11) is 0. The summed E-state index contributed by atoms with van der Waals surface area (Å²) >= 11 is 0. The molecule has 2 aromatic heterocycles. The van der Waals surface area contributed by atoms with Gasteiger partial charge >= 0.3 is 6.18 Å². The lowest BCUT2D eigenvalue weighted by Gasteiger charge is -2.37. The molecule has 1 amide bonds. The molecule has 0 aromatic carbocycles. The first-order valence-electron chi connectivity index (χ1n) is 10.2. The van der Waals surface area contributed by atoms with E-state index in [0.29, 0.717) is 51.0 Å². The highest BCUT2D eigenvalue weighted by Gasteiger charge is 2.50. The van der Waals surface area contributed by atoms with E-state index >= 15 is 0 Å². The van der Waals surface area contributed by atoms with Crippen LogP contribution in [0, 0.1) is 18.3 Å². The number of rotatable bonds is 6. The normalized spacial score (nSPS) is 21.6. The standard InChI is InChI=1S/C19H25F3N6O3/c1-12-25-15(27-31-12)2-5-23-17(29)13-9-28(11-18(13)3-6-30-7-4-18)10-16-24-8-14(26-16)19(20,21)22/h8,13H,2-7,9-11H2,1H3,(H,23,29)(H,24,26)/t13-/m1/s1. The maximum Gasteiger partial charge on any atom is 0.432 e. The van der Waals surface area contributed by atoms with Gasteiger partial charge in [0, 0.05) is 51.6 Å². The smallest absolute Gasteiger partial charge is 0.381 e. The zero-order chi connectivity index (χ0) is 22.1. The number of likely N-dealkylation sites (tertiary alicyclic amines) is 1. The summed E-state index contributed by atoms with van der Waals surface area (Å²) in [4.78, 5) is 25.4. The molecular formula is C19H25F3N6O3. The van der Waals surface area contributed by atoms with Crippen LogP contribution in [0.25, 0.3) is 0 Å². The minimum absolute atomic E-state index is 0.0694. The first-order chi connectivity index (χ1) is 14.7. The van der Waals surface area contributed by atoms with Gasteiger partial charge < -0.3 is 19.6 Å². The molecule has 170 valence electrons. The van der Waals surface area contributed by atoms with Crippen molar-refractivity contribution in [2.75, 3.05) is 32.8 Å². The molecule has 9 nitrogen and oxygen atoms in total. The molecule has 2 saturated heterocycles. The van der Waals surface area contributed by atoms with Gasteiger partial charge in [-0.3, -0.25) is 9.69 Å². The second-order valence-corrected chi connectivity index (χ2v) is 8.21. The van der Waals surface area contributed by atoms with Gasteiger partial charge in [0.1, 0.15) is 11.5 Å². The SMILES string of the molecule is Cc1nc(CCNC(=O)[C@H]2CN(Cc3ncc(C(F)(F)F)[nH]3)CC23CCOCC3)no1. The number of alkyl halides is 3. The topological polar surface area (TPSA) is 109 Å². The number of carbonyl (C=O) groups excluding carboxylic acids is 1.